The molecule has 1 aliphatic rings. The summed E-state index contributed by atoms with van der Waals surface area (Å²) in [4.78, 5) is 37.4. The number of nitrogens with one attached hydrogen (secondary N) is 1. The zero-order valence-electron chi connectivity index (χ0n) is 12.7. The summed E-state index contributed by atoms with van der Waals surface area (Å²) >= 11 is 0. The number of amides is 4. The number of hydrogen-bond acceptors (Lipinski definition) is 3. The molecule has 4 amide bonds. The van der Waals surface area contributed by atoms with Gasteiger partial charge in [-0.05, 0) is 42.8 Å². The van der Waals surface area contributed by atoms with Crippen LogP contribution in [0.4, 0.5) is 14.9 Å². The number of urea groups is 1. The molecule has 0 saturated carbocycles. The molecule has 1 aliphatic heterocycles. The van der Waals surface area contributed by atoms with Crippen molar-refractivity contribution in [3.8, 4) is 0 Å². The maximum atomic E-state index is 13.0. The highest BCUT2D eigenvalue weighted by atomic mass is 19.1. The topological polar surface area (TPSA) is 66.5 Å². The number of carbonyl (C=O) groups is 3. The first-order valence-electron chi connectivity index (χ1n) is 7.19. The predicted octanol–water partition coefficient (Wildman–Crippen LogP) is 2.80. The lowest BCUT2D eigenvalue weighted by atomic mass is 10.1. The normalized spacial score (nSPS) is 16.5. The van der Waals surface area contributed by atoms with Crippen LogP contribution in [-0.4, -0.2) is 17.8 Å². The number of halogens is 1. The first-order chi connectivity index (χ1) is 11.5. The smallest absolute Gasteiger partial charge is 0.273 e. The average Bonchev–Trinajstić information content (AvgIpc) is 2.53. The number of carbonyl (C=O) groups excluding carboxylic acids is 3. The second-order valence-corrected chi connectivity index (χ2v) is 5.35. The molecule has 5 nitrogen and oxygen atoms in total. The van der Waals surface area contributed by atoms with Gasteiger partial charge >= 0.3 is 6.03 Å². The van der Waals surface area contributed by atoms with E-state index in [0.717, 1.165) is 22.6 Å². The predicted molar refractivity (Wildman–Crippen MR) is 86.6 cm³/mol. The SMILES string of the molecule is Cc1cccc(/C=C2\C(=O)NC(=O)N(c3ccc(F)cc3)C2=O)c1. The molecule has 0 spiro atoms. The molecule has 24 heavy (non-hydrogen) atoms. The van der Waals surface area contributed by atoms with E-state index in [1.54, 1.807) is 12.1 Å². The molecule has 6 heteroatoms. The third-order valence-electron chi connectivity index (χ3n) is 3.54. The fraction of sp³-hybridized carbons (Fsp3) is 0.0556. The Labute approximate surface area is 137 Å². The molecular formula is C18H13FN2O3. The van der Waals surface area contributed by atoms with Gasteiger partial charge in [0.25, 0.3) is 11.8 Å². The van der Waals surface area contributed by atoms with E-state index in [-0.39, 0.29) is 11.3 Å². The molecule has 0 bridgehead atoms. The summed E-state index contributed by atoms with van der Waals surface area (Å²) < 4.78 is 13.0. The van der Waals surface area contributed by atoms with Crippen LogP contribution in [0.25, 0.3) is 6.08 Å². The molecule has 1 fully saturated rings. The zero-order chi connectivity index (χ0) is 17.3. The lowest BCUT2D eigenvalue weighted by Crippen LogP contribution is -2.54. The van der Waals surface area contributed by atoms with Gasteiger partial charge < -0.3 is 0 Å². The Morgan fingerprint density at radius 3 is 2.42 bits per heavy atom. The molecule has 1 saturated heterocycles. The first kappa shape index (κ1) is 15.6. The Balaban J connectivity index is 2.01. The highest BCUT2D eigenvalue weighted by molar-refractivity contribution is 6.39. The van der Waals surface area contributed by atoms with Gasteiger partial charge in [-0.1, -0.05) is 29.8 Å². The average molecular weight is 324 g/mol. The van der Waals surface area contributed by atoms with E-state index in [9.17, 15) is 18.8 Å². The lowest BCUT2D eigenvalue weighted by Gasteiger charge is -2.26. The Morgan fingerprint density at radius 1 is 1.04 bits per heavy atom. The quantitative estimate of drug-likeness (QED) is 0.682. The molecule has 0 aliphatic carbocycles. The van der Waals surface area contributed by atoms with Crippen molar-refractivity contribution in [3.05, 3.63) is 71.0 Å². The van der Waals surface area contributed by atoms with Crippen LogP contribution in [0.15, 0.2) is 54.1 Å². The molecule has 2 aromatic rings. The van der Waals surface area contributed by atoms with Crippen molar-refractivity contribution < 1.29 is 18.8 Å². The van der Waals surface area contributed by atoms with E-state index in [1.807, 2.05) is 19.1 Å². The van der Waals surface area contributed by atoms with Crippen LogP contribution < -0.4 is 10.2 Å². The van der Waals surface area contributed by atoms with Gasteiger partial charge in [0.05, 0.1) is 5.69 Å². The fourth-order valence-corrected chi connectivity index (χ4v) is 2.41. The molecular weight excluding hydrogens is 311 g/mol. The van der Waals surface area contributed by atoms with Crippen LogP contribution >= 0.6 is 0 Å². The van der Waals surface area contributed by atoms with Crippen molar-refractivity contribution in [1.82, 2.24) is 5.32 Å². The minimum atomic E-state index is -0.863. The molecule has 3 rings (SSSR count). The number of nitrogens with zero attached hydrogens (tertiary/aromatic N) is 1. The van der Waals surface area contributed by atoms with Gasteiger partial charge in [-0.15, -0.1) is 0 Å². The standard InChI is InChI=1S/C18H13FN2O3/c1-11-3-2-4-12(9-11)10-15-16(22)20-18(24)21(17(15)23)14-7-5-13(19)6-8-14/h2-10H,1H3,(H,20,22,24)/b15-10+. The number of aryl methyl sites for hydroxylation is 1. The van der Waals surface area contributed by atoms with E-state index >= 15 is 0 Å². The molecule has 120 valence electrons. The summed E-state index contributed by atoms with van der Waals surface area (Å²) in [5, 5.41) is 2.12. The van der Waals surface area contributed by atoms with E-state index < -0.39 is 23.7 Å². The van der Waals surface area contributed by atoms with Crippen molar-refractivity contribution in [3.63, 3.8) is 0 Å². The van der Waals surface area contributed by atoms with Crippen molar-refractivity contribution in [2.75, 3.05) is 4.90 Å². The molecule has 0 atom stereocenters. The van der Waals surface area contributed by atoms with Gasteiger partial charge in [-0.3, -0.25) is 14.9 Å². The number of hydrogen-bond donors (Lipinski definition) is 1. The molecule has 0 unspecified atom stereocenters. The van der Waals surface area contributed by atoms with E-state index in [0.29, 0.717) is 5.56 Å². The Kier molecular flexibility index (Phi) is 3.95. The highest BCUT2D eigenvalue weighted by Crippen LogP contribution is 2.22. The minimum absolute atomic E-state index is 0.162. The van der Waals surface area contributed by atoms with Crippen LogP contribution in [0.5, 0.6) is 0 Å². The van der Waals surface area contributed by atoms with Crippen LogP contribution in [-0.2, 0) is 9.59 Å². The van der Waals surface area contributed by atoms with Crippen LogP contribution in [0.2, 0.25) is 0 Å². The van der Waals surface area contributed by atoms with Gasteiger partial charge in [-0.2, -0.15) is 0 Å². The van der Waals surface area contributed by atoms with Crippen LogP contribution in [0.3, 0.4) is 0 Å². The number of anilines is 1. The van der Waals surface area contributed by atoms with Gasteiger partial charge in [-0.25, -0.2) is 14.1 Å². The van der Waals surface area contributed by atoms with Crippen LogP contribution in [0.1, 0.15) is 11.1 Å². The lowest BCUT2D eigenvalue weighted by molar-refractivity contribution is -0.122. The number of benzene rings is 2. The monoisotopic (exact) mass is 324 g/mol. The second-order valence-electron chi connectivity index (χ2n) is 5.35. The molecule has 2 aromatic carbocycles. The minimum Gasteiger partial charge on any atom is -0.273 e. The van der Waals surface area contributed by atoms with Gasteiger partial charge in [0.1, 0.15) is 11.4 Å². The molecule has 0 radical (unpaired) electrons. The summed E-state index contributed by atoms with van der Waals surface area (Å²) in [5.74, 6) is -2.00. The van der Waals surface area contributed by atoms with E-state index in [1.165, 1.54) is 18.2 Å². The molecule has 0 aromatic heterocycles. The first-order valence-corrected chi connectivity index (χ1v) is 7.19. The summed E-state index contributed by atoms with van der Waals surface area (Å²) in [5.41, 5.74) is 1.66. The Morgan fingerprint density at radius 2 is 1.75 bits per heavy atom. The van der Waals surface area contributed by atoms with Gasteiger partial charge in [0.15, 0.2) is 0 Å². The summed E-state index contributed by atoms with van der Waals surface area (Å²) in [7, 11) is 0. The maximum Gasteiger partial charge on any atom is 0.335 e. The Bertz CT molecular complexity index is 872. The summed E-state index contributed by atoms with van der Waals surface area (Å²) in [6, 6.07) is 11.3. The number of rotatable bonds is 2. The van der Waals surface area contributed by atoms with Gasteiger partial charge in [0, 0.05) is 0 Å². The van der Waals surface area contributed by atoms with Crippen molar-refractivity contribution in [1.29, 1.82) is 0 Å². The number of imide groups is 2. The van der Waals surface area contributed by atoms with Crippen LogP contribution in [0, 0.1) is 12.7 Å². The Hall–Kier alpha value is -3.28. The zero-order valence-corrected chi connectivity index (χ0v) is 12.7. The largest absolute Gasteiger partial charge is 0.335 e. The molecule has 1 N–H and O–H groups in total. The van der Waals surface area contributed by atoms with Crippen molar-refractivity contribution >= 4 is 29.6 Å². The summed E-state index contributed by atoms with van der Waals surface area (Å²) in [6.07, 6.45) is 1.42. The van der Waals surface area contributed by atoms with E-state index in [4.69, 9.17) is 0 Å². The summed E-state index contributed by atoms with van der Waals surface area (Å²) in [6.45, 7) is 1.89. The second kappa shape index (κ2) is 6.08. The fourth-order valence-electron chi connectivity index (χ4n) is 2.41. The maximum absolute atomic E-state index is 13.0. The third kappa shape index (κ3) is 2.94. The van der Waals surface area contributed by atoms with Gasteiger partial charge in [0.2, 0.25) is 0 Å². The third-order valence-corrected chi connectivity index (χ3v) is 3.54. The molecule has 1 heterocycles. The number of barbiturate groups is 1. The van der Waals surface area contributed by atoms with E-state index in [2.05, 4.69) is 5.32 Å². The highest BCUT2D eigenvalue weighted by Gasteiger charge is 2.36. The van der Waals surface area contributed by atoms with Crippen molar-refractivity contribution in [2.45, 2.75) is 6.92 Å². The van der Waals surface area contributed by atoms with Crippen molar-refractivity contribution in [2.24, 2.45) is 0 Å².